The van der Waals surface area contributed by atoms with Crippen molar-refractivity contribution in [1.82, 2.24) is 39.6 Å². The highest BCUT2D eigenvalue weighted by molar-refractivity contribution is 7.98. The molecule has 2 unspecified atom stereocenters. The van der Waals surface area contributed by atoms with Crippen LogP contribution in [0.15, 0.2) is 90.0 Å². The minimum atomic E-state index is -0.603. The first-order valence-corrected chi connectivity index (χ1v) is 27.7. The number of para-hydroxylation sites is 1. The second kappa shape index (κ2) is 21.6. The number of nitrogens with zero attached hydrogens (tertiary/aromatic N) is 8. The van der Waals surface area contributed by atoms with Gasteiger partial charge in [-0.1, -0.05) is 75.6 Å². The number of likely N-dealkylation sites (tertiary alicyclic amines) is 1. The molecule has 3 aromatic heterocycles. The number of aromatic nitrogens is 4. The van der Waals surface area contributed by atoms with Gasteiger partial charge in [0.1, 0.15) is 17.6 Å². The van der Waals surface area contributed by atoms with E-state index in [0.29, 0.717) is 79.4 Å². The predicted octanol–water partition coefficient (Wildman–Crippen LogP) is 9.95. The second-order valence-corrected chi connectivity index (χ2v) is 23.1. The lowest BCUT2D eigenvalue weighted by atomic mass is 9.85. The van der Waals surface area contributed by atoms with Crippen LogP contribution in [0.4, 0.5) is 21.4 Å². The normalized spacial score (nSPS) is 17.9. The van der Waals surface area contributed by atoms with Gasteiger partial charge in [-0.2, -0.15) is 5.10 Å². The number of carbonyl (C=O) groups is 4. The van der Waals surface area contributed by atoms with Crippen LogP contribution in [0.2, 0.25) is 0 Å². The number of urea groups is 1. The van der Waals surface area contributed by atoms with E-state index >= 15 is 0 Å². The molecule has 6 aromatic rings. The number of piperazine rings is 1. The van der Waals surface area contributed by atoms with Gasteiger partial charge in [0.05, 0.1) is 16.4 Å². The summed E-state index contributed by atoms with van der Waals surface area (Å²) in [6.45, 7) is 15.2. The Kier molecular flexibility index (Phi) is 14.8. The summed E-state index contributed by atoms with van der Waals surface area (Å²) < 4.78 is 6.21. The molecule has 0 radical (unpaired) electrons. The Labute approximate surface area is 436 Å². The molecule has 4 aliphatic rings. The number of nitrogens with one attached hydrogen (secondary N) is 3. The third-order valence-electron chi connectivity index (χ3n) is 15.2. The number of benzene rings is 3. The van der Waals surface area contributed by atoms with Crippen LogP contribution in [0.1, 0.15) is 110 Å². The number of rotatable bonds is 12. The molecule has 2 atom stereocenters. The second-order valence-electron chi connectivity index (χ2n) is 21.2. The largest absolute Gasteiger partial charge is 0.368 e. The molecule has 10 rings (SSSR count). The van der Waals surface area contributed by atoms with Crippen molar-refractivity contribution in [3.05, 3.63) is 113 Å². The van der Waals surface area contributed by atoms with Crippen molar-refractivity contribution in [1.29, 1.82) is 0 Å². The molecule has 6 heterocycles. The maximum Gasteiger partial charge on any atom is 0.318 e. The Balaban J connectivity index is 0.823. The third kappa shape index (κ3) is 11.1. The van der Waals surface area contributed by atoms with E-state index in [1.807, 2.05) is 110 Å². The molecule has 17 heteroatoms. The fraction of sp³-hybridized carbons (Fsp3) is 0.446. The zero-order valence-electron chi connectivity index (χ0n) is 42.7. The first kappa shape index (κ1) is 50.1. The number of carbonyl (C=O) groups excluding carboxylic acids is 4. The first-order chi connectivity index (χ1) is 35.3. The lowest BCUT2D eigenvalue weighted by Crippen LogP contribution is -2.60. The van der Waals surface area contributed by atoms with E-state index < -0.39 is 11.5 Å². The minimum absolute atomic E-state index is 0.0000340. The Morgan fingerprint density at radius 1 is 0.795 bits per heavy atom. The van der Waals surface area contributed by atoms with E-state index in [1.165, 1.54) is 55.4 Å². The third-order valence-corrected chi connectivity index (χ3v) is 17.0. The van der Waals surface area contributed by atoms with E-state index in [2.05, 4.69) is 54.7 Å². The van der Waals surface area contributed by atoms with Gasteiger partial charge < -0.3 is 24.9 Å². The van der Waals surface area contributed by atoms with Crippen molar-refractivity contribution >= 4 is 73.9 Å². The van der Waals surface area contributed by atoms with E-state index in [-0.39, 0.29) is 29.8 Å². The molecule has 5 amide bonds. The average molecular weight is 1020 g/mol. The summed E-state index contributed by atoms with van der Waals surface area (Å²) in [7, 11) is 0. The average Bonchev–Trinajstić information content (AvgIpc) is 4.13. The van der Waals surface area contributed by atoms with Crippen LogP contribution >= 0.6 is 23.3 Å². The highest BCUT2D eigenvalue weighted by Gasteiger charge is 2.39. The van der Waals surface area contributed by atoms with Gasteiger partial charge in [-0.3, -0.25) is 29.1 Å². The van der Waals surface area contributed by atoms with Crippen LogP contribution in [0.25, 0.3) is 21.3 Å². The molecular formula is C56H67N11O4S2. The number of amides is 5. The molecular weight excluding hydrogens is 955 g/mol. The van der Waals surface area contributed by atoms with Gasteiger partial charge in [-0.15, -0.1) is 0 Å². The molecule has 2 saturated heterocycles. The van der Waals surface area contributed by atoms with Crippen molar-refractivity contribution in [3.8, 4) is 11.1 Å². The van der Waals surface area contributed by atoms with E-state index in [4.69, 9.17) is 10.1 Å². The zero-order chi connectivity index (χ0) is 50.8. The van der Waals surface area contributed by atoms with Crippen LogP contribution in [-0.4, -0.2) is 105 Å². The zero-order valence-corrected chi connectivity index (χ0v) is 44.3. The van der Waals surface area contributed by atoms with Crippen molar-refractivity contribution in [2.75, 3.05) is 54.4 Å². The van der Waals surface area contributed by atoms with Gasteiger partial charge in [-0.05, 0) is 135 Å². The van der Waals surface area contributed by atoms with Gasteiger partial charge in [0.15, 0.2) is 5.13 Å². The summed E-state index contributed by atoms with van der Waals surface area (Å²) in [5, 5.41) is 11.6. The number of anilines is 3. The van der Waals surface area contributed by atoms with Gasteiger partial charge >= 0.3 is 6.03 Å². The summed E-state index contributed by atoms with van der Waals surface area (Å²) in [6.07, 6.45) is 10.8. The quantitative estimate of drug-likeness (QED) is 0.101. The van der Waals surface area contributed by atoms with Crippen LogP contribution < -0.4 is 25.2 Å². The van der Waals surface area contributed by atoms with Crippen molar-refractivity contribution in [2.24, 2.45) is 11.3 Å². The summed E-state index contributed by atoms with van der Waals surface area (Å²) >= 11 is 2.70. The molecule has 0 bridgehead atoms. The summed E-state index contributed by atoms with van der Waals surface area (Å²) in [6, 6.07) is 25.2. The monoisotopic (exact) mass is 1020 g/mol. The lowest BCUT2D eigenvalue weighted by Gasteiger charge is -2.39. The Morgan fingerprint density at radius 3 is 2.32 bits per heavy atom. The first-order valence-electron chi connectivity index (χ1n) is 26.0. The van der Waals surface area contributed by atoms with Crippen LogP contribution in [-0.2, 0) is 24.3 Å². The Morgan fingerprint density at radius 2 is 1.58 bits per heavy atom. The maximum absolute atomic E-state index is 14.5. The van der Waals surface area contributed by atoms with Crippen LogP contribution in [0.5, 0.6) is 0 Å². The Bertz CT molecular complexity index is 2950. The fourth-order valence-electron chi connectivity index (χ4n) is 10.9. The predicted molar refractivity (Wildman–Crippen MR) is 291 cm³/mol. The minimum Gasteiger partial charge on any atom is -0.368 e. The van der Waals surface area contributed by atoms with E-state index in [9.17, 15) is 19.2 Å². The standard InChI is InChI=1S/C56H67N11O4S2/c1-36-13-12-27-66(36)53(70)50(56(3,4)5)60-55(71)64-31-29-63(30-32-64)40-20-22-41(23-21-40)73-62-52(69)49-42(44-33-57-67(37(44)2)34-38-14-7-6-8-15-38)24-25-48(59-49)65-28-26-39-16-11-17-43(45(39)35-65)51(68)61-54-58-46-18-9-10-19-47(46)72-54/h9-11,16-25,33,36,38,50H,6-8,12-15,26-32,34-35H2,1-5H3,(H,60,71)(H,62,69)(H,58,61,68). The molecule has 1 saturated carbocycles. The van der Waals surface area contributed by atoms with Crippen molar-refractivity contribution < 1.29 is 19.2 Å². The number of hydrogen-bond acceptors (Lipinski definition) is 11. The number of pyridine rings is 1. The van der Waals surface area contributed by atoms with E-state index in [1.54, 1.807) is 0 Å². The van der Waals surface area contributed by atoms with Gasteiger partial charge in [-0.25, -0.2) is 14.8 Å². The van der Waals surface area contributed by atoms with E-state index in [0.717, 1.165) is 69.1 Å². The molecule has 3 aromatic carbocycles. The highest BCUT2D eigenvalue weighted by atomic mass is 32.2. The molecule has 73 heavy (non-hydrogen) atoms. The smallest absolute Gasteiger partial charge is 0.318 e. The molecule has 0 spiro atoms. The molecule has 3 N–H and O–H groups in total. The van der Waals surface area contributed by atoms with Gasteiger partial charge in [0.2, 0.25) is 5.91 Å². The van der Waals surface area contributed by atoms with Gasteiger partial charge in [0.25, 0.3) is 11.8 Å². The molecule has 15 nitrogen and oxygen atoms in total. The topological polar surface area (TPSA) is 161 Å². The maximum atomic E-state index is 14.5. The molecule has 3 fully saturated rings. The SMILES string of the molecule is Cc1c(-c2ccc(N3CCc4cccc(C(=O)Nc5nc6ccccc6s5)c4C3)nc2C(=O)NSc2ccc(N3CCN(C(=O)NC(C(=O)N4CCCC4C)C(C)(C)C)CC3)cc2)cnn1CC1CCCCC1. The van der Waals surface area contributed by atoms with Gasteiger partial charge in [0, 0.05) is 91.4 Å². The fourth-order valence-corrected chi connectivity index (χ4v) is 12.4. The summed E-state index contributed by atoms with van der Waals surface area (Å²) in [5.74, 6) is 0.713. The number of hydrogen-bond donors (Lipinski definition) is 3. The van der Waals surface area contributed by atoms with Crippen LogP contribution in [0, 0.1) is 18.3 Å². The van der Waals surface area contributed by atoms with Crippen molar-refractivity contribution in [3.63, 3.8) is 0 Å². The van der Waals surface area contributed by atoms with Crippen molar-refractivity contribution in [2.45, 2.75) is 116 Å². The highest BCUT2D eigenvalue weighted by Crippen LogP contribution is 2.35. The van der Waals surface area contributed by atoms with Crippen LogP contribution in [0.3, 0.4) is 0 Å². The number of fused-ring (bicyclic) bond motifs is 2. The number of thiazole rings is 1. The summed E-state index contributed by atoms with van der Waals surface area (Å²) in [5.41, 5.74) is 6.99. The molecule has 382 valence electrons. The molecule has 3 aliphatic heterocycles. The molecule has 1 aliphatic carbocycles. The lowest BCUT2D eigenvalue weighted by molar-refractivity contribution is -0.136. The Hall–Kier alpha value is -6.46. The summed E-state index contributed by atoms with van der Waals surface area (Å²) in [4.78, 5) is 74.4.